The molecule has 1 aliphatic heterocycles. The van der Waals surface area contributed by atoms with E-state index in [2.05, 4.69) is 6.08 Å². The Bertz CT molecular complexity index is 872. The summed E-state index contributed by atoms with van der Waals surface area (Å²) in [7, 11) is 4.88. The summed E-state index contributed by atoms with van der Waals surface area (Å²) < 4.78 is 17.2. The molecule has 29 heavy (non-hydrogen) atoms. The summed E-state index contributed by atoms with van der Waals surface area (Å²) in [6.45, 7) is 1.26. The zero-order valence-corrected chi connectivity index (χ0v) is 19.1. The van der Waals surface area contributed by atoms with Crippen molar-refractivity contribution in [1.82, 2.24) is 4.90 Å². The number of thiophene rings is 1. The second-order valence-corrected chi connectivity index (χ2v) is 9.21. The number of methoxy groups -OCH3 is 3. The van der Waals surface area contributed by atoms with Gasteiger partial charge in [-0.25, -0.2) is 0 Å². The average Bonchev–Trinajstić information content (AvgIpc) is 3.17. The van der Waals surface area contributed by atoms with Crippen LogP contribution in [0.4, 0.5) is 0 Å². The Kier molecular flexibility index (Phi) is 7.75. The molecule has 1 aliphatic rings. The van der Waals surface area contributed by atoms with Gasteiger partial charge in [0.15, 0.2) is 0 Å². The molecule has 0 saturated heterocycles. The Hall–Kier alpha value is -1.83. The van der Waals surface area contributed by atoms with Gasteiger partial charge in [0, 0.05) is 35.9 Å². The van der Waals surface area contributed by atoms with Gasteiger partial charge in [-0.2, -0.15) is 0 Å². The van der Waals surface area contributed by atoms with Gasteiger partial charge >= 0.3 is 0 Å². The monoisotopic (exact) mass is 453 g/mol. The van der Waals surface area contributed by atoms with Crippen LogP contribution >= 0.6 is 34.7 Å². The number of halogens is 1. The van der Waals surface area contributed by atoms with Crippen molar-refractivity contribution < 1.29 is 19.0 Å². The lowest BCUT2D eigenvalue weighted by Crippen LogP contribution is -2.35. The number of thioether (sulfide) groups is 1. The number of carbonyl (C=O) groups excluding carboxylic acids is 1. The van der Waals surface area contributed by atoms with Crippen LogP contribution in [0.3, 0.4) is 0 Å². The van der Waals surface area contributed by atoms with E-state index >= 15 is 0 Å². The quantitative estimate of drug-likeness (QED) is 0.564. The second kappa shape index (κ2) is 10.3. The Labute approximate surface area is 184 Å². The average molecular weight is 454 g/mol. The molecule has 1 aromatic heterocycles. The minimum absolute atomic E-state index is 0.154. The molecule has 0 spiro atoms. The van der Waals surface area contributed by atoms with E-state index in [9.17, 15) is 4.79 Å². The van der Waals surface area contributed by atoms with E-state index in [1.807, 2.05) is 29.2 Å². The first-order valence-corrected chi connectivity index (χ1v) is 11.5. The lowest BCUT2D eigenvalue weighted by atomic mass is 9.97. The number of ether oxygens (including phenoxy) is 3. The molecular weight excluding hydrogens is 430 g/mol. The van der Waals surface area contributed by atoms with Gasteiger partial charge in [0.2, 0.25) is 5.91 Å². The lowest BCUT2D eigenvalue weighted by Gasteiger charge is -2.28. The van der Waals surface area contributed by atoms with E-state index < -0.39 is 0 Å². The third-order valence-corrected chi connectivity index (χ3v) is 7.08. The van der Waals surface area contributed by atoms with Crippen LogP contribution in [0.25, 0.3) is 5.57 Å². The minimum atomic E-state index is 0.154. The van der Waals surface area contributed by atoms with Crippen LogP contribution < -0.4 is 14.2 Å². The Morgan fingerprint density at radius 1 is 1.17 bits per heavy atom. The van der Waals surface area contributed by atoms with Crippen molar-refractivity contribution >= 4 is 46.2 Å². The first-order valence-electron chi connectivity index (χ1n) is 9.14. The maximum Gasteiger partial charge on any atom is 0.232 e. The van der Waals surface area contributed by atoms with E-state index in [4.69, 9.17) is 25.8 Å². The summed E-state index contributed by atoms with van der Waals surface area (Å²) in [6.07, 6.45) is 2.83. The summed E-state index contributed by atoms with van der Waals surface area (Å²) >= 11 is 9.13. The molecule has 1 aromatic carbocycles. The topological polar surface area (TPSA) is 48.0 Å². The Balaban J connectivity index is 1.63. The van der Waals surface area contributed by atoms with Crippen LogP contribution in [-0.4, -0.2) is 51.0 Å². The summed E-state index contributed by atoms with van der Waals surface area (Å²) in [5.74, 6) is 3.52. The molecule has 0 fully saturated rings. The zero-order valence-electron chi connectivity index (χ0n) is 16.7. The van der Waals surface area contributed by atoms with Crippen LogP contribution in [-0.2, 0) is 10.5 Å². The molecular formula is C21H24ClNO4S2. The minimum Gasteiger partial charge on any atom is -0.496 e. The highest BCUT2D eigenvalue weighted by atomic mass is 35.5. The smallest absolute Gasteiger partial charge is 0.232 e. The largest absolute Gasteiger partial charge is 0.496 e. The molecule has 2 aromatic rings. The first kappa shape index (κ1) is 21.9. The fraction of sp³-hybridized carbons (Fsp3) is 0.381. The fourth-order valence-electron chi connectivity index (χ4n) is 3.20. The number of hydrogen-bond acceptors (Lipinski definition) is 6. The molecule has 2 heterocycles. The van der Waals surface area contributed by atoms with Gasteiger partial charge in [0.05, 0.1) is 37.0 Å². The molecule has 1 amide bonds. The van der Waals surface area contributed by atoms with Gasteiger partial charge in [0.1, 0.15) is 17.2 Å². The van der Waals surface area contributed by atoms with Gasteiger partial charge in [-0.3, -0.25) is 4.79 Å². The Morgan fingerprint density at radius 2 is 1.90 bits per heavy atom. The van der Waals surface area contributed by atoms with E-state index in [0.29, 0.717) is 36.1 Å². The van der Waals surface area contributed by atoms with Crippen molar-refractivity contribution in [3.05, 3.63) is 45.1 Å². The number of amides is 1. The van der Waals surface area contributed by atoms with Gasteiger partial charge in [-0.15, -0.1) is 23.1 Å². The van der Waals surface area contributed by atoms with Crippen molar-refractivity contribution in [1.29, 1.82) is 0 Å². The lowest BCUT2D eigenvalue weighted by molar-refractivity contribution is -0.127. The molecule has 0 aliphatic carbocycles. The van der Waals surface area contributed by atoms with Crippen LogP contribution in [0.2, 0.25) is 4.34 Å². The van der Waals surface area contributed by atoms with Crippen molar-refractivity contribution in [3.63, 3.8) is 0 Å². The predicted octanol–water partition coefficient (Wildman–Crippen LogP) is 4.98. The van der Waals surface area contributed by atoms with E-state index in [1.54, 1.807) is 44.4 Å². The standard InChI is InChI=1S/C21H24ClNO4S2/c1-25-15-10-17(26-2)21(18(11-15)27-3)14-6-8-23(9-7-14)20(24)13-28-12-16-4-5-19(22)29-16/h4-6,10-11H,7-9,12-13H2,1-3H3. The summed E-state index contributed by atoms with van der Waals surface area (Å²) in [5, 5.41) is 0. The summed E-state index contributed by atoms with van der Waals surface area (Å²) in [4.78, 5) is 15.6. The normalized spacial score (nSPS) is 13.8. The van der Waals surface area contributed by atoms with Crippen LogP contribution in [0.5, 0.6) is 17.2 Å². The van der Waals surface area contributed by atoms with E-state index in [1.165, 1.54) is 4.88 Å². The van der Waals surface area contributed by atoms with Crippen molar-refractivity contribution in [2.24, 2.45) is 0 Å². The molecule has 156 valence electrons. The zero-order chi connectivity index (χ0) is 20.8. The molecule has 0 unspecified atom stereocenters. The summed E-state index contributed by atoms with van der Waals surface area (Å²) in [5.41, 5.74) is 2.04. The maximum atomic E-state index is 12.6. The highest BCUT2D eigenvalue weighted by Crippen LogP contribution is 2.40. The molecule has 3 rings (SSSR count). The molecule has 0 radical (unpaired) electrons. The van der Waals surface area contributed by atoms with Crippen LogP contribution in [0, 0.1) is 0 Å². The second-order valence-electron chi connectivity index (χ2n) is 6.42. The third-order valence-electron chi connectivity index (χ3n) is 4.70. The van der Waals surface area contributed by atoms with Crippen LogP contribution in [0.1, 0.15) is 16.9 Å². The number of carbonyl (C=O) groups is 1. The van der Waals surface area contributed by atoms with Gasteiger partial charge in [-0.05, 0) is 24.1 Å². The molecule has 5 nitrogen and oxygen atoms in total. The van der Waals surface area contributed by atoms with Crippen molar-refractivity contribution in [2.45, 2.75) is 12.2 Å². The SMILES string of the molecule is COc1cc(OC)c(C2=CCN(C(=O)CSCc3ccc(Cl)s3)CC2)c(OC)c1. The van der Waals surface area contributed by atoms with Crippen molar-refractivity contribution in [2.75, 3.05) is 40.2 Å². The fourth-order valence-corrected chi connectivity index (χ4v) is 5.33. The molecule has 8 heteroatoms. The third kappa shape index (κ3) is 5.41. The predicted molar refractivity (Wildman–Crippen MR) is 121 cm³/mol. The van der Waals surface area contributed by atoms with Crippen LogP contribution in [0.15, 0.2) is 30.3 Å². The number of benzene rings is 1. The Morgan fingerprint density at radius 3 is 2.41 bits per heavy atom. The molecule has 0 saturated carbocycles. The maximum absolute atomic E-state index is 12.6. The molecule has 0 atom stereocenters. The number of rotatable bonds is 8. The molecule has 0 bridgehead atoms. The number of hydrogen-bond donors (Lipinski definition) is 0. The van der Waals surface area contributed by atoms with E-state index in [-0.39, 0.29) is 5.91 Å². The van der Waals surface area contributed by atoms with Gasteiger partial charge < -0.3 is 19.1 Å². The highest BCUT2D eigenvalue weighted by Gasteiger charge is 2.23. The number of nitrogens with zero attached hydrogens (tertiary/aromatic N) is 1. The highest BCUT2D eigenvalue weighted by molar-refractivity contribution is 7.99. The van der Waals surface area contributed by atoms with Crippen molar-refractivity contribution in [3.8, 4) is 17.2 Å². The van der Waals surface area contributed by atoms with Gasteiger partial charge in [0.25, 0.3) is 0 Å². The summed E-state index contributed by atoms with van der Waals surface area (Å²) in [6, 6.07) is 7.60. The van der Waals surface area contributed by atoms with E-state index in [0.717, 1.165) is 27.6 Å². The van der Waals surface area contributed by atoms with Gasteiger partial charge in [-0.1, -0.05) is 17.7 Å². The molecule has 0 N–H and O–H groups in total. The first-order chi connectivity index (χ1) is 14.0.